The minimum atomic E-state index is -0.406. The maximum Gasteiger partial charge on any atom is 0.283 e. The number of ether oxygens (including phenoxy) is 1. The molecule has 2 aliphatic heterocycles. The molecule has 2 aromatic carbocycles. The summed E-state index contributed by atoms with van der Waals surface area (Å²) < 4.78 is 8.11. The Hall–Kier alpha value is -3.65. The fourth-order valence-corrected chi connectivity index (χ4v) is 5.04. The first-order chi connectivity index (χ1) is 16.5. The summed E-state index contributed by atoms with van der Waals surface area (Å²) >= 11 is 1.37. The Labute approximate surface area is 202 Å². The smallest absolute Gasteiger partial charge is 0.283 e. The predicted octanol–water partition coefficient (Wildman–Crippen LogP) is 5.45. The number of amidine groups is 2. The van der Waals surface area contributed by atoms with Gasteiger partial charge in [-0.15, -0.1) is 0 Å². The van der Waals surface area contributed by atoms with E-state index >= 15 is 0 Å². The number of aromatic nitrogens is 1. The molecule has 0 saturated carbocycles. The summed E-state index contributed by atoms with van der Waals surface area (Å²) in [5, 5.41) is 16.9. The van der Waals surface area contributed by atoms with Gasteiger partial charge in [0.25, 0.3) is 5.91 Å². The molecule has 1 aromatic heterocycles. The van der Waals surface area contributed by atoms with E-state index < -0.39 is 5.91 Å². The minimum Gasteiger partial charge on any atom is -0.491 e. The number of benzene rings is 2. The van der Waals surface area contributed by atoms with Crippen molar-refractivity contribution in [2.75, 3.05) is 6.61 Å². The molecule has 34 heavy (non-hydrogen) atoms. The topological polar surface area (TPSA) is 83.0 Å². The van der Waals surface area contributed by atoms with Crippen molar-refractivity contribution in [3.63, 3.8) is 0 Å². The number of aliphatic imine (C=N–C) groups is 1. The number of thioether (sulfide) groups is 1. The van der Waals surface area contributed by atoms with Crippen molar-refractivity contribution < 1.29 is 9.53 Å². The summed E-state index contributed by atoms with van der Waals surface area (Å²) in [5.74, 6) is 0.535. The van der Waals surface area contributed by atoms with Gasteiger partial charge in [-0.2, -0.15) is 15.1 Å². The number of rotatable bonds is 7. The molecule has 0 radical (unpaired) electrons. The number of carbonyl (C=O) groups is 1. The summed E-state index contributed by atoms with van der Waals surface area (Å²) in [6.07, 6.45) is 5.51. The third kappa shape index (κ3) is 4.17. The molecule has 0 spiro atoms. The van der Waals surface area contributed by atoms with Crippen molar-refractivity contribution in [2.45, 2.75) is 33.2 Å². The third-order valence-corrected chi connectivity index (χ3v) is 6.73. The second-order valence-corrected chi connectivity index (χ2v) is 9.21. The van der Waals surface area contributed by atoms with Gasteiger partial charge in [-0.3, -0.25) is 10.2 Å². The van der Waals surface area contributed by atoms with Crippen LogP contribution in [0.2, 0.25) is 0 Å². The number of carbonyl (C=O) groups excluding carboxylic acids is 1. The van der Waals surface area contributed by atoms with Crippen LogP contribution in [-0.2, 0) is 11.3 Å². The molecule has 172 valence electrons. The van der Waals surface area contributed by atoms with Crippen molar-refractivity contribution >= 4 is 50.7 Å². The van der Waals surface area contributed by atoms with Crippen LogP contribution in [-0.4, -0.2) is 38.1 Å². The Morgan fingerprint density at radius 1 is 1.15 bits per heavy atom. The van der Waals surface area contributed by atoms with Crippen molar-refractivity contribution in [3.8, 4) is 5.75 Å². The molecule has 0 fully saturated rings. The average Bonchev–Trinajstić information content (AvgIpc) is 3.39. The summed E-state index contributed by atoms with van der Waals surface area (Å²) in [6.45, 7) is 5.27. The van der Waals surface area contributed by atoms with Crippen LogP contribution in [0.5, 0.6) is 5.75 Å². The first-order valence-electron chi connectivity index (χ1n) is 11.3. The van der Waals surface area contributed by atoms with E-state index in [-0.39, 0.29) is 11.4 Å². The molecule has 5 rings (SSSR count). The van der Waals surface area contributed by atoms with Crippen LogP contribution in [0.4, 0.5) is 0 Å². The molecule has 0 aliphatic carbocycles. The number of nitrogens with zero attached hydrogens (tertiary/aromatic N) is 4. The number of nitrogens with one attached hydrogen (secondary N) is 1. The SMILES string of the molecule is CCCC1=NN2C(=N)C(=Cc3cn(CCOc4ccccc4C)c4ccccc34)C(=O)N=C2S1. The standard InChI is InChI=1S/C26H25N5O2S/c1-3-8-23-29-31-24(27)20(25(32)28-26(31)34-23)15-18-16-30(21-11-6-5-10-19(18)21)13-14-33-22-12-7-4-9-17(22)2/h4-7,9-12,15-16,27H,3,8,13-14H2,1-2H3. The zero-order valence-corrected chi connectivity index (χ0v) is 19.9. The number of para-hydroxylation sites is 2. The van der Waals surface area contributed by atoms with E-state index in [1.807, 2.05) is 61.7 Å². The van der Waals surface area contributed by atoms with Crippen molar-refractivity contribution in [1.29, 1.82) is 5.41 Å². The van der Waals surface area contributed by atoms with E-state index in [1.54, 1.807) is 6.08 Å². The number of aryl methyl sites for hydroxylation is 1. The predicted molar refractivity (Wildman–Crippen MR) is 139 cm³/mol. The lowest BCUT2D eigenvalue weighted by Crippen LogP contribution is -2.35. The molecule has 8 heteroatoms. The zero-order valence-electron chi connectivity index (χ0n) is 19.1. The number of hydrogen-bond donors (Lipinski definition) is 1. The lowest BCUT2D eigenvalue weighted by molar-refractivity contribution is -0.114. The van der Waals surface area contributed by atoms with Gasteiger partial charge in [0.05, 0.1) is 12.1 Å². The number of amides is 1. The monoisotopic (exact) mass is 471 g/mol. The maximum atomic E-state index is 12.8. The van der Waals surface area contributed by atoms with Crippen molar-refractivity contribution in [3.05, 3.63) is 71.4 Å². The molecule has 0 bridgehead atoms. The van der Waals surface area contributed by atoms with Crippen LogP contribution in [0.3, 0.4) is 0 Å². The van der Waals surface area contributed by atoms with Gasteiger partial charge < -0.3 is 9.30 Å². The van der Waals surface area contributed by atoms with Crippen LogP contribution in [0, 0.1) is 12.3 Å². The lowest BCUT2D eigenvalue weighted by atomic mass is 10.1. The Kier molecular flexibility index (Phi) is 6.06. The summed E-state index contributed by atoms with van der Waals surface area (Å²) in [5.41, 5.74) is 3.25. The van der Waals surface area contributed by atoms with Gasteiger partial charge in [0, 0.05) is 22.7 Å². The van der Waals surface area contributed by atoms with E-state index in [2.05, 4.69) is 21.6 Å². The van der Waals surface area contributed by atoms with Gasteiger partial charge >= 0.3 is 0 Å². The van der Waals surface area contributed by atoms with Crippen LogP contribution >= 0.6 is 11.8 Å². The fourth-order valence-electron chi connectivity index (χ4n) is 4.05. The normalized spacial score (nSPS) is 16.8. The molecule has 0 saturated heterocycles. The molecule has 3 heterocycles. The molecule has 1 amide bonds. The molecule has 0 atom stereocenters. The fraction of sp³-hybridized carbons (Fsp3) is 0.231. The maximum absolute atomic E-state index is 12.8. The zero-order chi connectivity index (χ0) is 23.7. The van der Waals surface area contributed by atoms with E-state index in [9.17, 15) is 4.79 Å². The van der Waals surface area contributed by atoms with Gasteiger partial charge in [-0.05, 0) is 55.3 Å². The highest BCUT2D eigenvalue weighted by atomic mass is 32.2. The van der Waals surface area contributed by atoms with Crippen LogP contribution in [0.25, 0.3) is 17.0 Å². The molecule has 1 N–H and O–H groups in total. The van der Waals surface area contributed by atoms with E-state index in [1.165, 1.54) is 16.8 Å². The highest BCUT2D eigenvalue weighted by molar-refractivity contribution is 8.26. The Morgan fingerprint density at radius 3 is 2.76 bits per heavy atom. The highest BCUT2D eigenvalue weighted by Gasteiger charge is 2.35. The van der Waals surface area contributed by atoms with E-state index in [4.69, 9.17) is 10.1 Å². The highest BCUT2D eigenvalue weighted by Crippen LogP contribution is 2.31. The quantitative estimate of drug-likeness (QED) is 0.465. The van der Waals surface area contributed by atoms with E-state index in [0.717, 1.165) is 45.7 Å². The summed E-state index contributed by atoms with van der Waals surface area (Å²) in [4.78, 5) is 17.0. The van der Waals surface area contributed by atoms with Crippen LogP contribution in [0.1, 0.15) is 30.9 Å². The molecule has 0 unspecified atom stereocenters. The Morgan fingerprint density at radius 2 is 1.94 bits per heavy atom. The summed E-state index contributed by atoms with van der Waals surface area (Å²) in [7, 11) is 0. The van der Waals surface area contributed by atoms with Crippen molar-refractivity contribution in [2.24, 2.45) is 10.1 Å². The summed E-state index contributed by atoms with van der Waals surface area (Å²) in [6, 6.07) is 16.0. The molecule has 3 aromatic rings. The van der Waals surface area contributed by atoms with Gasteiger partial charge in [0.2, 0.25) is 5.17 Å². The van der Waals surface area contributed by atoms with Gasteiger partial charge in [-0.25, -0.2) is 0 Å². The number of hydrazone groups is 1. The molecule has 7 nitrogen and oxygen atoms in total. The molecule has 2 aliphatic rings. The molecular formula is C26H25N5O2S. The number of hydrogen-bond acceptors (Lipinski definition) is 5. The first-order valence-corrected chi connectivity index (χ1v) is 12.1. The van der Waals surface area contributed by atoms with E-state index in [0.29, 0.717) is 18.3 Å². The van der Waals surface area contributed by atoms with Gasteiger partial charge in [0.1, 0.15) is 17.4 Å². The van der Waals surface area contributed by atoms with Crippen molar-refractivity contribution in [1.82, 2.24) is 9.58 Å². The van der Waals surface area contributed by atoms with Crippen LogP contribution in [0.15, 0.2) is 70.4 Å². The molecular weight excluding hydrogens is 446 g/mol. The lowest BCUT2D eigenvalue weighted by Gasteiger charge is -2.20. The van der Waals surface area contributed by atoms with Gasteiger partial charge in [-0.1, -0.05) is 43.3 Å². The Balaban J connectivity index is 1.43. The van der Waals surface area contributed by atoms with Crippen LogP contribution < -0.4 is 4.74 Å². The first kappa shape index (κ1) is 22.2. The average molecular weight is 472 g/mol. The second-order valence-electron chi connectivity index (χ2n) is 8.17. The third-order valence-electron chi connectivity index (χ3n) is 5.76. The second kappa shape index (κ2) is 9.30. The number of fused-ring (bicyclic) bond motifs is 2. The van der Waals surface area contributed by atoms with Gasteiger partial charge in [0.15, 0.2) is 5.84 Å². The Bertz CT molecular complexity index is 1380. The largest absolute Gasteiger partial charge is 0.491 e. The minimum absolute atomic E-state index is 0.0633.